The molecule has 372 valence electrons. The second-order valence-corrected chi connectivity index (χ2v) is 17.7. The number of carbonyl (C=O) groups is 5. The monoisotopic (exact) mass is 1010 g/mol. The van der Waals surface area contributed by atoms with Crippen molar-refractivity contribution in [1.29, 1.82) is 0 Å². The predicted octanol–water partition coefficient (Wildman–Crippen LogP) is 7.65. The van der Waals surface area contributed by atoms with Gasteiger partial charge in [0.15, 0.2) is 5.43 Å². The van der Waals surface area contributed by atoms with Crippen LogP contribution in [0.2, 0.25) is 5.02 Å². The summed E-state index contributed by atoms with van der Waals surface area (Å²) in [7, 11) is 1.53. The van der Waals surface area contributed by atoms with Crippen LogP contribution in [0.25, 0.3) is 33.4 Å². The van der Waals surface area contributed by atoms with E-state index in [1.807, 2.05) is 12.1 Å². The number of benzene rings is 6. The van der Waals surface area contributed by atoms with Gasteiger partial charge in [-0.25, -0.2) is 9.59 Å². The maximum absolute atomic E-state index is 14.8. The summed E-state index contributed by atoms with van der Waals surface area (Å²) in [5.74, 6) is -3.38. The minimum absolute atomic E-state index is 0.0114. The molecule has 2 heterocycles. The highest BCUT2D eigenvalue weighted by molar-refractivity contribution is 6.32. The first-order chi connectivity index (χ1) is 35.2. The van der Waals surface area contributed by atoms with Crippen molar-refractivity contribution >= 4 is 58.1 Å². The SMILES string of the molecule is COc1cccc(CCN(C(=O)C2Cc3ccccc3OC2=O)[C@@H]2CC(C(=O)NCCOC(=O)Nc3ccc(-c4c5ccc(=O)cc-5oc5cc(O)ccc45)c(C(=O)O)c3)=C[C@H](Oc3ccccc3Cl)[C@H]2O)c1. The molecule has 0 saturated heterocycles. The third-order valence-corrected chi connectivity index (χ3v) is 12.9. The van der Waals surface area contributed by atoms with Crippen molar-refractivity contribution < 1.29 is 62.7 Å². The largest absolute Gasteiger partial charge is 0.508 e. The number of anilines is 1. The predicted molar refractivity (Wildman–Crippen MR) is 267 cm³/mol. The third-order valence-electron chi connectivity index (χ3n) is 12.6. The van der Waals surface area contributed by atoms with Crippen LogP contribution in [-0.4, -0.2) is 95.1 Å². The van der Waals surface area contributed by atoms with E-state index in [9.17, 15) is 44.1 Å². The zero-order chi connectivity index (χ0) is 51.3. The molecule has 0 bridgehead atoms. The number of nitrogens with zero attached hydrogens (tertiary/aromatic N) is 1. The van der Waals surface area contributed by atoms with Crippen LogP contribution in [0, 0.1) is 5.92 Å². The molecule has 4 atom stereocenters. The number of ether oxygens (including phenoxy) is 4. The Morgan fingerprint density at radius 2 is 1.66 bits per heavy atom. The average Bonchev–Trinajstić information content (AvgIpc) is 3.38. The zero-order valence-electron chi connectivity index (χ0n) is 38.9. The molecule has 73 heavy (non-hydrogen) atoms. The Balaban J connectivity index is 0.917. The Hall–Kier alpha value is -8.67. The number of aromatic carboxylic acids is 1. The number of carboxylic acids is 1. The van der Waals surface area contributed by atoms with E-state index in [4.69, 9.17) is 35.0 Å². The van der Waals surface area contributed by atoms with E-state index >= 15 is 0 Å². The standard InChI is InChI=1S/C55H46ClN3O14/c1-69-36-9-6-7-30(23-36)19-21-59(52(64)41-24-31-8-2-4-11-44(31)73-54(41)67)43-25-32(26-48(50(43)62)71-45-12-5-3-10-42(45)56)51(63)57-20-22-70-55(68)58-33-13-16-37(40(27-33)53(65)66)49-38-17-14-34(60)28-46(38)72-47-29-35(61)15-18-39(47)49/h2-18,23,26-29,41,43,48,50,60,62H,19-22,24-25H2,1H3,(H,57,63)(H,58,68)(H,65,66)/t41?,43-,48+,50+/m1/s1. The molecular weight excluding hydrogens is 962 g/mol. The number of aliphatic hydroxyl groups excluding tert-OH is 1. The van der Waals surface area contributed by atoms with Gasteiger partial charge in [0, 0.05) is 52.9 Å². The van der Waals surface area contributed by atoms with Gasteiger partial charge >= 0.3 is 18.0 Å². The smallest absolute Gasteiger partial charge is 0.411 e. The van der Waals surface area contributed by atoms with E-state index < -0.39 is 54.0 Å². The molecule has 18 heteroatoms. The van der Waals surface area contributed by atoms with Gasteiger partial charge in [0.2, 0.25) is 11.8 Å². The summed E-state index contributed by atoms with van der Waals surface area (Å²) in [4.78, 5) is 81.8. The van der Waals surface area contributed by atoms with E-state index in [1.165, 1.54) is 66.6 Å². The number of para-hydroxylation sites is 2. The molecule has 0 spiro atoms. The minimum atomic E-state index is -1.43. The lowest BCUT2D eigenvalue weighted by molar-refractivity contribution is -0.154. The number of hydrogen-bond donors (Lipinski definition) is 5. The normalized spacial score (nSPS) is 17.1. The van der Waals surface area contributed by atoms with Crippen LogP contribution in [0.1, 0.15) is 27.9 Å². The molecule has 5 aromatic rings. The van der Waals surface area contributed by atoms with E-state index in [1.54, 1.807) is 66.7 Å². The van der Waals surface area contributed by atoms with Crippen molar-refractivity contribution in [2.24, 2.45) is 5.92 Å². The molecule has 1 unspecified atom stereocenters. The first-order valence-electron chi connectivity index (χ1n) is 23.1. The first-order valence-corrected chi connectivity index (χ1v) is 23.4. The van der Waals surface area contributed by atoms with Gasteiger partial charge in [-0.3, -0.25) is 24.5 Å². The van der Waals surface area contributed by atoms with Gasteiger partial charge in [0.25, 0.3) is 0 Å². The van der Waals surface area contributed by atoms with Crippen molar-refractivity contribution in [3.63, 3.8) is 0 Å². The van der Waals surface area contributed by atoms with Crippen molar-refractivity contribution in [2.45, 2.75) is 37.5 Å². The van der Waals surface area contributed by atoms with Crippen molar-refractivity contribution in [1.82, 2.24) is 10.2 Å². The van der Waals surface area contributed by atoms with Gasteiger partial charge in [0.1, 0.15) is 59.1 Å². The number of rotatable bonds is 15. The Morgan fingerprint density at radius 1 is 0.863 bits per heavy atom. The van der Waals surface area contributed by atoms with E-state index in [2.05, 4.69) is 10.6 Å². The number of hydrogen-bond acceptors (Lipinski definition) is 13. The van der Waals surface area contributed by atoms with Crippen LogP contribution in [-0.2, 0) is 32.0 Å². The number of esters is 1. The van der Waals surface area contributed by atoms with Gasteiger partial charge in [0.05, 0.1) is 30.3 Å². The maximum atomic E-state index is 14.8. The molecule has 0 aromatic heterocycles. The highest BCUT2D eigenvalue weighted by Gasteiger charge is 2.45. The molecule has 3 amide bonds. The number of methoxy groups -OCH3 is 1. The fourth-order valence-corrected chi connectivity index (χ4v) is 9.27. The molecule has 0 radical (unpaired) electrons. The summed E-state index contributed by atoms with van der Waals surface area (Å²) in [6, 6.07) is 32.3. The quantitative estimate of drug-likeness (QED) is 0.0218. The molecule has 5 aromatic carbocycles. The molecular formula is C55H46ClN3O14. The lowest BCUT2D eigenvalue weighted by Crippen LogP contribution is -2.57. The zero-order valence-corrected chi connectivity index (χ0v) is 39.7. The van der Waals surface area contributed by atoms with Gasteiger partial charge in [-0.1, -0.05) is 60.1 Å². The van der Waals surface area contributed by atoms with Crippen LogP contribution in [0.15, 0.2) is 148 Å². The number of halogens is 1. The number of phenols is 1. The summed E-state index contributed by atoms with van der Waals surface area (Å²) >= 11 is 6.48. The lowest BCUT2D eigenvalue weighted by atomic mass is 9.86. The highest BCUT2D eigenvalue weighted by atomic mass is 35.5. The fraction of sp³-hybridized carbons (Fsp3) is 0.200. The second kappa shape index (κ2) is 21.4. The molecule has 2 aliphatic heterocycles. The van der Waals surface area contributed by atoms with E-state index in [0.29, 0.717) is 33.6 Å². The molecule has 0 saturated carbocycles. The van der Waals surface area contributed by atoms with Gasteiger partial charge in [-0.2, -0.15) is 0 Å². The third kappa shape index (κ3) is 10.8. The Kier molecular flexibility index (Phi) is 14.4. The number of carboxylic acid groups (broad SMARTS) is 1. The number of carbonyl (C=O) groups excluding carboxylic acids is 4. The topological polar surface area (TPSA) is 240 Å². The molecule has 9 rings (SSSR count). The van der Waals surface area contributed by atoms with Crippen molar-refractivity contribution in [3.05, 3.63) is 171 Å². The number of aromatic hydroxyl groups is 1. The van der Waals surface area contributed by atoms with Crippen molar-refractivity contribution in [3.8, 4) is 45.4 Å². The van der Waals surface area contributed by atoms with Gasteiger partial charge < -0.3 is 48.9 Å². The molecule has 4 aliphatic rings. The average molecular weight is 1010 g/mol. The number of phenolic OH excluding ortho intramolecular Hbond substituents is 1. The van der Waals surface area contributed by atoms with E-state index in [0.717, 1.165) is 5.56 Å². The number of fused-ring (bicyclic) bond motifs is 3. The lowest BCUT2D eigenvalue weighted by Gasteiger charge is -2.42. The molecule has 5 N–H and O–H groups in total. The summed E-state index contributed by atoms with van der Waals surface area (Å²) in [6.07, 6.45) is -2.02. The Morgan fingerprint density at radius 3 is 2.47 bits per heavy atom. The summed E-state index contributed by atoms with van der Waals surface area (Å²) in [6.45, 7) is -0.522. The Labute approximate surface area is 421 Å². The highest BCUT2D eigenvalue weighted by Crippen LogP contribution is 2.43. The van der Waals surface area contributed by atoms with Crippen molar-refractivity contribution in [2.75, 3.05) is 32.1 Å². The summed E-state index contributed by atoms with van der Waals surface area (Å²) in [5, 5.41) is 38.6. The molecule has 2 aliphatic carbocycles. The van der Waals surface area contributed by atoms with E-state index in [-0.39, 0.29) is 94.6 Å². The molecule has 0 fully saturated rings. The van der Waals surface area contributed by atoms with Gasteiger partial charge in [-0.05, 0) is 102 Å². The van der Waals surface area contributed by atoms with Crippen LogP contribution in [0.3, 0.4) is 0 Å². The second-order valence-electron chi connectivity index (χ2n) is 17.3. The minimum Gasteiger partial charge on any atom is -0.508 e. The number of aliphatic hydroxyl groups is 1. The maximum Gasteiger partial charge on any atom is 0.411 e. The van der Waals surface area contributed by atoms with Crippen LogP contribution < -0.4 is 30.3 Å². The van der Waals surface area contributed by atoms with Crippen LogP contribution >= 0.6 is 11.6 Å². The summed E-state index contributed by atoms with van der Waals surface area (Å²) in [5.41, 5.74) is 2.40. The van der Waals surface area contributed by atoms with Crippen LogP contribution in [0.4, 0.5) is 10.5 Å². The summed E-state index contributed by atoms with van der Waals surface area (Å²) < 4.78 is 28.5. The van der Waals surface area contributed by atoms with Gasteiger partial charge in [-0.15, -0.1) is 0 Å². The first kappa shape index (κ1) is 49.3. The Bertz CT molecular complexity index is 3350. The van der Waals surface area contributed by atoms with Crippen LogP contribution in [0.5, 0.6) is 23.0 Å². The number of nitrogens with one attached hydrogen (secondary N) is 2. The molecule has 17 nitrogen and oxygen atoms in total. The fourth-order valence-electron chi connectivity index (χ4n) is 9.09. The number of amides is 3.